The van der Waals surface area contributed by atoms with E-state index < -0.39 is 0 Å². The lowest BCUT2D eigenvalue weighted by atomic mass is 9.84. The maximum atomic E-state index is 10.1. The maximum absolute atomic E-state index is 10.1. The third-order valence-corrected chi connectivity index (χ3v) is 10.3. The molecule has 0 spiro atoms. The van der Waals surface area contributed by atoms with Crippen LogP contribution in [0.3, 0.4) is 0 Å². The average molecular weight is 629 g/mol. The molecule has 0 aliphatic heterocycles. The summed E-state index contributed by atoms with van der Waals surface area (Å²) >= 11 is 0. The van der Waals surface area contributed by atoms with E-state index in [1.165, 1.54) is 10.8 Å². The predicted octanol–water partition coefficient (Wildman–Crippen LogP) is 11.5. The smallest absolute Gasteiger partial charge is 0.0992 e. The lowest BCUT2D eigenvalue weighted by Gasteiger charge is -2.18. The Morgan fingerprint density at radius 2 is 0.640 bits per heavy atom. The number of rotatable bonds is 2. The van der Waals surface area contributed by atoms with Crippen molar-refractivity contribution in [2.24, 2.45) is 0 Å². The fourth-order valence-corrected chi connectivity index (χ4v) is 8.47. The Morgan fingerprint density at radius 3 is 1.00 bits per heavy atom. The highest BCUT2D eigenvalue weighted by molar-refractivity contribution is 6.41. The van der Waals surface area contributed by atoms with E-state index in [1.54, 1.807) is 12.1 Å². The van der Waals surface area contributed by atoms with Crippen LogP contribution < -0.4 is 0 Å². The van der Waals surface area contributed by atoms with Crippen LogP contribution in [0.2, 0.25) is 0 Å². The Bertz CT molecular complexity index is 3030. The molecule has 10 aromatic carbocycles. The first kappa shape index (κ1) is 27.6. The summed E-state index contributed by atoms with van der Waals surface area (Å²) < 4.78 is 0. The fourth-order valence-electron chi connectivity index (χ4n) is 8.47. The van der Waals surface area contributed by atoms with Crippen molar-refractivity contribution < 1.29 is 0 Å². The van der Waals surface area contributed by atoms with Gasteiger partial charge in [-0.15, -0.1) is 0 Å². The Hall–Kier alpha value is -7.50. The third-order valence-electron chi connectivity index (χ3n) is 10.3. The van der Waals surface area contributed by atoms with Crippen molar-refractivity contribution in [1.29, 1.82) is 21.0 Å². The molecule has 0 N–H and O–H groups in total. The second-order valence-electron chi connectivity index (χ2n) is 12.9. The van der Waals surface area contributed by atoms with Gasteiger partial charge in [0.2, 0.25) is 0 Å². The summed E-state index contributed by atoms with van der Waals surface area (Å²) in [5, 5.41) is 55.6. The molecule has 0 aliphatic carbocycles. The van der Waals surface area contributed by atoms with Crippen LogP contribution >= 0.6 is 0 Å². The Balaban J connectivity index is 1.56. The van der Waals surface area contributed by atoms with Crippen molar-refractivity contribution in [3.63, 3.8) is 0 Å². The van der Waals surface area contributed by atoms with Gasteiger partial charge in [-0.1, -0.05) is 72.8 Å². The van der Waals surface area contributed by atoms with Gasteiger partial charge in [0.25, 0.3) is 0 Å². The third kappa shape index (κ3) is 3.60. The number of hydrogen-bond acceptors (Lipinski definition) is 4. The zero-order valence-corrected chi connectivity index (χ0v) is 26.3. The molecule has 0 unspecified atom stereocenters. The summed E-state index contributed by atoms with van der Waals surface area (Å²) in [7, 11) is 0. The molecule has 0 aromatic heterocycles. The monoisotopic (exact) mass is 628 g/mol. The van der Waals surface area contributed by atoms with Crippen molar-refractivity contribution in [1.82, 2.24) is 0 Å². The highest BCUT2D eigenvalue weighted by Gasteiger charge is 2.25. The van der Waals surface area contributed by atoms with Gasteiger partial charge in [-0.05, 0) is 146 Å². The molecular formula is C46H20N4. The molecule has 0 heterocycles. The van der Waals surface area contributed by atoms with Crippen LogP contribution in [0.25, 0.3) is 97.7 Å². The second-order valence-corrected chi connectivity index (χ2v) is 12.9. The second kappa shape index (κ2) is 10.0. The molecule has 4 heteroatoms. The van der Waals surface area contributed by atoms with Crippen LogP contribution in [-0.2, 0) is 0 Å². The van der Waals surface area contributed by atoms with E-state index in [4.69, 9.17) is 0 Å². The molecule has 0 saturated heterocycles. The van der Waals surface area contributed by atoms with Gasteiger partial charge < -0.3 is 0 Å². The van der Waals surface area contributed by atoms with Gasteiger partial charge in [-0.25, -0.2) is 0 Å². The zero-order chi connectivity index (χ0) is 33.7. The largest absolute Gasteiger partial charge is 0.192 e. The molecule has 0 aliphatic rings. The molecule has 50 heavy (non-hydrogen) atoms. The minimum atomic E-state index is 0.414. The Morgan fingerprint density at radius 1 is 0.300 bits per heavy atom. The van der Waals surface area contributed by atoms with Gasteiger partial charge in [0.05, 0.1) is 46.5 Å². The molecule has 10 aromatic rings. The standard InChI is InChI=1S/C46H20N4/c47-21-25-13-26(22-48)16-31(15-25)43-39-19-37-33-9-1-5-29-6-2-10-34(41(29)33)38(37)20-40(39)44(32-17-27(23-49)14-28(18-32)24-50)46-36-12-4-8-30-7-3-11-35(42(30)36)45(43)46/h1-20H. The minimum Gasteiger partial charge on any atom is -0.192 e. The van der Waals surface area contributed by atoms with E-state index >= 15 is 0 Å². The fraction of sp³-hybridized carbons (Fsp3) is 0. The van der Waals surface area contributed by atoms with Crippen molar-refractivity contribution in [3.05, 3.63) is 144 Å². The molecule has 0 saturated carbocycles. The van der Waals surface area contributed by atoms with Crippen LogP contribution in [0, 0.1) is 45.3 Å². The molecule has 0 bridgehead atoms. The molecule has 4 nitrogen and oxygen atoms in total. The van der Waals surface area contributed by atoms with Crippen molar-refractivity contribution in [3.8, 4) is 46.5 Å². The van der Waals surface area contributed by atoms with Gasteiger partial charge >= 0.3 is 0 Å². The Labute approximate surface area is 285 Å². The van der Waals surface area contributed by atoms with E-state index in [9.17, 15) is 21.0 Å². The first-order valence-electron chi connectivity index (χ1n) is 16.2. The number of fused-ring (bicyclic) bond motifs is 7. The predicted molar refractivity (Wildman–Crippen MR) is 201 cm³/mol. The SMILES string of the molecule is N#Cc1cc(C#N)cc(-c2c3cc4c(cc3c(-c3cc(C#N)cc(C#N)c3)c3c5cccc6cccc(c23)c65)c2cccc3cccc4c32)c1. The van der Waals surface area contributed by atoms with Crippen LogP contribution in [0.5, 0.6) is 0 Å². The highest BCUT2D eigenvalue weighted by Crippen LogP contribution is 2.53. The van der Waals surface area contributed by atoms with Gasteiger partial charge in [0, 0.05) is 0 Å². The lowest BCUT2D eigenvalue weighted by molar-refractivity contribution is 1.45. The summed E-state index contributed by atoms with van der Waals surface area (Å²) in [5.41, 5.74) is 5.12. The van der Waals surface area contributed by atoms with E-state index in [0.29, 0.717) is 22.3 Å². The van der Waals surface area contributed by atoms with Crippen molar-refractivity contribution in [2.75, 3.05) is 0 Å². The molecule has 0 amide bonds. The van der Waals surface area contributed by atoms with E-state index in [-0.39, 0.29) is 0 Å². The summed E-state index contributed by atoms with van der Waals surface area (Å²) in [6, 6.07) is 49.9. The Kier molecular flexibility index (Phi) is 5.52. The highest BCUT2D eigenvalue weighted by atomic mass is 14.3. The maximum Gasteiger partial charge on any atom is 0.0992 e. The van der Waals surface area contributed by atoms with Crippen molar-refractivity contribution >= 4 is 75.4 Å². The summed E-state index contributed by atoms with van der Waals surface area (Å²) in [6.07, 6.45) is 0. The molecule has 0 radical (unpaired) electrons. The summed E-state index contributed by atoms with van der Waals surface area (Å²) in [5.74, 6) is 0. The topological polar surface area (TPSA) is 95.2 Å². The van der Waals surface area contributed by atoms with E-state index in [2.05, 4.69) is 109 Å². The zero-order valence-electron chi connectivity index (χ0n) is 26.3. The normalized spacial score (nSPS) is 11.5. The number of nitrogens with zero attached hydrogens (tertiary/aromatic N) is 4. The molecule has 0 fully saturated rings. The summed E-state index contributed by atoms with van der Waals surface area (Å²) in [6.45, 7) is 0. The van der Waals surface area contributed by atoms with E-state index in [0.717, 1.165) is 86.9 Å². The van der Waals surface area contributed by atoms with Gasteiger partial charge in [0.1, 0.15) is 0 Å². The first-order chi connectivity index (χ1) is 24.6. The van der Waals surface area contributed by atoms with Crippen LogP contribution in [-0.4, -0.2) is 0 Å². The minimum absolute atomic E-state index is 0.414. The number of nitriles is 4. The number of benzene rings is 8. The van der Waals surface area contributed by atoms with Crippen LogP contribution in [0.15, 0.2) is 121 Å². The van der Waals surface area contributed by atoms with Crippen LogP contribution in [0.1, 0.15) is 22.3 Å². The molecule has 0 atom stereocenters. The lowest BCUT2D eigenvalue weighted by Crippen LogP contribution is -1.92. The average Bonchev–Trinajstić information content (AvgIpc) is 3.67. The number of hydrogen-bond donors (Lipinski definition) is 0. The van der Waals surface area contributed by atoms with Gasteiger partial charge in [-0.2, -0.15) is 21.0 Å². The van der Waals surface area contributed by atoms with E-state index in [1.807, 2.05) is 24.3 Å². The first-order valence-corrected chi connectivity index (χ1v) is 16.2. The van der Waals surface area contributed by atoms with Crippen molar-refractivity contribution in [2.45, 2.75) is 0 Å². The molecule has 224 valence electrons. The quantitative estimate of drug-likeness (QED) is 0.190. The van der Waals surface area contributed by atoms with Gasteiger partial charge in [-0.3, -0.25) is 0 Å². The summed E-state index contributed by atoms with van der Waals surface area (Å²) in [4.78, 5) is 0. The molecular weight excluding hydrogens is 609 g/mol. The van der Waals surface area contributed by atoms with Crippen LogP contribution in [0.4, 0.5) is 0 Å². The van der Waals surface area contributed by atoms with Gasteiger partial charge in [0.15, 0.2) is 0 Å². The molecule has 10 rings (SSSR count).